The fourth-order valence-corrected chi connectivity index (χ4v) is 3.59. The number of likely N-dealkylation sites (tertiary alicyclic amines) is 1. The Labute approximate surface area is 158 Å². The second kappa shape index (κ2) is 8.54. The highest BCUT2D eigenvalue weighted by molar-refractivity contribution is 6.32. The Morgan fingerprint density at radius 3 is 2.73 bits per heavy atom. The van der Waals surface area contributed by atoms with E-state index in [-0.39, 0.29) is 5.91 Å². The van der Waals surface area contributed by atoms with Crippen LogP contribution in [-0.4, -0.2) is 42.2 Å². The molecule has 0 radical (unpaired) electrons. The van der Waals surface area contributed by atoms with E-state index in [2.05, 4.69) is 5.32 Å². The van der Waals surface area contributed by atoms with E-state index in [4.69, 9.17) is 16.3 Å². The molecule has 3 rings (SSSR count). The average molecular weight is 375 g/mol. The molecule has 1 heterocycles. The number of aliphatic hydroxyl groups excluding tert-OH is 1. The van der Waals surface area contributed by atoms with Gasteiger partial charge in [0.25, 0.3) is 0 Å². The number of β-amino-alcohol motifs (C(OH)–C–C–N with tert-alkyl or cyclic N) is 1. The highest BCUT2D eigenvalue weighted by Crippen LogP contribution is 2.30. The Hall–Kier alpha value is -2.08. The van der Waals surface area contributed by atoms with Crippen LogP contribution in [0.5, 0.6) is 5.75 Å². The predicted octanol–water partition coefficient (Wildman–Crippen LogP) is 3.49. The van der Waals surface area contributed by atoms with Crippen LogP contribution in [0.2, 0.25) is 5.02 Å². The number of ether oxygens (including phenoxy) is 1. The molecule has 6 heteroatoms. The van der Waals surface area contributed by atoms with E-state index in [9.17, 15) is 9.90 Å². The topological polar surface area (TPSA) is 61.8 Å². The van der Waals surface area contributed by atoms with E-state index in [1.807, 2.05) is 35.2 Å². The summed E-state index contributed by atoms with van der Waals surface area (Å²) in [4.78, 5) is 15.1. The lowest BCUT2D eigenvalue weighted by molar-refractivity contribution is -0.122. The summed E-state index contributed by atoms with van der Waals surface area (Å²) in [6.45, 7) is 1.25. The maximum absolute atomic E-state index is 13.1. The molecule has 1 amide bonds. The summed E-state index contributed by atoms with van der Waals surface area (Å²) in [7, 11) is 1.55. The number of carbonyl (C=O) groups is 1. The number of hydrogen-bond donors (Lipinski definition) is 2. The van der Waals surface area contributed by atoms with Gasteiger partial charge in [0.1, 0.15) is 11.8 Å². The third kappa shape index (κ3) is 4.36. The van der Waals surface area contributed by atoms with E-state index < -0.39 is 12.1 Å². The zero-order chi connectivity index (χ0) is 18.5. The molecule has 2 aromatic carbocycles. The maximum Gasteiger partial charge on any atom is 0.246 e. The molecule has 138 valence electrons. The van der Waals surface area contributed by atoms with Crippen molar-refractivity contribution >= 4 is 23.2 Å². The van der Waals surface area contributed by atoms with Crippen LogP contribution in [0.25, 0.3) is 0 Å². The quantitative estimate of drug-likeness (QED) is 0.841. The number of carbonyl (C=O) groups excluding carboxylic acids is 1. The zero-order valence-corrected chi connectivity index (χ0v) is 15.4. The number of anilines is 1. The number of piperidine rings is 1. The molecule has 26 heavy (non-hydrogen) atoms. The van der Waals surface area contributed by atoms with Gasteiger partial charge in [0.15, 0.2) is 0 Å². The Kier molecular flexibility index (Phi) is 6.14. The Bertz CT molecular complexity index is 754. The van der Waals surface area contributed by atoms with Crippen molar-refractivity contribution in [2.45, 2.75) is 25.0 Å². The van der Waals surface area contributed by atoms with Crippen LogP contribution in [0, 0.1) is 0 Å². The van der Waals surface area contributed by atoms with Gasteiger partial charge < -0.3 is 15.2 Å². The van der Waals surface area contributed by atoms with Crippen molar-refractivity contribution in [2.24, 2.45) is 0 Å². The van der Waals surface area contributed by atoms with Crippen LogP contribution >= 0.6 is 11.6 Å². The molecule has 2 N–H and O–H groups in total. The van der Waals surface area contributed by atoms with Crippen molar-refractivity contribution in [1.82, 2.24) is 4.90 Å². The lowest BCUT2D eigenvalue weighted by Gasteiger charge is -2.36. The van der Waals surface area contributed by atoms with Crippen molar-refractivity contribution in [3.63, 3.8) is 0 Å². The molecule has 5 nitrogen and oxygen atoms in total. The van der Waals surface area contributed by atoms with Crippen molar-refractivity contribution in [2.75, 3.05) is 25.5 Å². The van der Waals surface area contributed by atoms with Gasteiger partial charge in [-0.15, -0.1) is 0 Å². The van der Waals surface area contributed by atoms with Gasteiger partial charge in [0.2, 0.25) is 5.91 Å². The number of nitrogens with one attached hydrogen (secondary N) is 1. The minimum atomic E-state index is -0.466. The smallest absolute Gasteiger partial charge is 0.246 e. The van der Waals surface area contributed by atoms with Gasteiger partial charge in [-0.2, -0.15) is 0 Å². The first kappa shape index (κ1) is 18.7. The Morgan fingerprint density at radius 1 is 1.31 bits per heavy atom. The SMILES string of the molecule is COc1ccc(NC(=O)C(c2ccccc2)N2CCCC(O)C2)cc1Cl. The number of methoxy groups -OCH3 is 1. The molecular weight excluding hydrogens is 352 g/mol. The number of amides is 1. The first-order chi connectivity index (χ1) is 12.6. The van der Waals surface area contributed by atoms with Crippen molar-refractivity contribution in [3.8, 4) is 5.75 Å². The van der Waals surface area contributed by atoms with Gasteiger partial charge >= 0.3 is 0 Å². The normalized spacial score (nSPS) is 19.0. The average Bonchev–Trinajstić information content (AvgIpc) is 2.63. The molecule has 0 aromatic heterocycles. The minimum Gasteiger partial charge on any atom is -0.495 e. The number of aliphatic hydroxyl groups is 1. The second-order valence-electron chi connectivity index (χ2n) is 6.44. The number of nitrogens with zero attached hydrogens (tertiary/aromatic N) is 1. The zero-order valence-electron chi connectivity index (χ0n) is 14.7. The monoisotopic (exact) mass is 374 g/mol. The van der Waals surface area contributed by atoms with Gasteiger partial charge in [-0.25, -0.2) is 0 Å². The van der Waals surface area contributed by atoms with E-state index in [1.54, 1.807) is 25.3 Å². The lowest BCUT2D eigenvalue weighted by atomic mass is 9.99. The maximum atomic E-state index is 13.1. The Morgan fingerprint density at radius 2 is 2.08 bits per heavy atom. The third-order valence-electron chi connectivity index (χ3n) is 4.58. The molecular formula is C20H23ClN2O3. The van der Waals surface area contributed by atoms with Crippen molar-refractivity contribution in [3.05, 3.63) is 59.1 Å². The number of hydrogen-bond acceptors (Lipinski definition) is 4. The molecule has 1 saturated heterocycles. The summed E-state index contributed by atoms with van der Waals surface area (Å²) in [6, 6.07) is 14.3. The van der Waals surface area contributed by atoms with Gasteiger partial charge in [0.05, 0.1) is 18.2 Å². The van der Waals surface area contributed by atoms with Gasteiger partial charge in [-0.3, -0.25) is 9.69 Å². The van der Waals surface area contributed by atoms with E-state index in [0.717, 1.165) is 24.9 Å². The van der Waals surface area contributed by atoms with Gasteiger partial charge in [0, 0.05) is 12.2 Å². The van der Waals surface area contributed by atoms with Crippen LogP contribution in [0.15, 0.2) is 48.5 Å². The number of rotatable bonds is 5. The van der Waals surface area contributed by atoms with Crippen molar-refractivity contribution < 1.29 is 14.6 Å². The van der Waals surface area contributed by atoms with E-state index >= 15 is 0 Å². The molecule has 1 aliphatic rings. The Balaban J connectivity index is 1.84. The van der Waals surface area contributed by atoms with Crippen molar-refractivity contribution in [1.29, 1.82) is 0 Å². The molecule has 0 bridgehead atoms. The summed E-state index contributed by atoms with van der Waals surface area (Å²) in [5, 5.41) is 13.4. The standard InChI is InChI=1S/C20H23ClN2O3/c1-26-18-10-9-15(12-17(18)21)22-20(25)19(14-6-3-2-4-7-14)23-11-5-8-16(24)13-23/h2-4,6-7,9-10,12,16,19,24H,5,8,11,13H2,1H3,(H,22,25). The molecule has 2 unspecified atom stereocenters. The van der Waals surface area contributed by atoms with Crippen LogP contribution in [0.3, 0.4) is 0 Å². The summed E-state index contributed by atoms with van der Waals surface area (Å²) in [6.07, 6.45) is 1.23. The lowest BCUT2D eigenvalue weighted by Crippen LogP contribution is -2.44. The summed E-state index contributed by atoms with van der Waals surface area (Å²) in [5.41, 5.74) is 1.51. The minimum absolute atomic E-state index is 0.147. The largest absolute Gasteiger partial charge is 0.495 e. The molecule has 0 saturated carbocycles. The number of benzene rings is 2. The predicted molar refractivity (Wildman–Crippen MR) is 103 cm³/mol. The molecule has 1 fully saturated rings. The van der Waals surface area contributed by atoms with Crippen LogP contribution in [0.4, 0.5) is 5.69 Å². The van der Waals surface area contributed by atoms with Gasteiger partial charge in [-0.05, 0) is 43.1 Å². The highest BCUT2D eigenvalue weighted by atomic mass is 35.5. The highest BCUT2D eigenvalue weighted by Gasteiger charge is 2.31. The van der Waals surface area contributed by atoms with E-state index in [0.29, 0.717) is 23.0 Å². The van der Waals surface area contributed by atoms with Crippen LogP contribution < -0.4 is 10.1 Å². The molecule has 0 aliphatic carbocycles. The van der Waals surface area contributed by atoms with Crippen LogP contribution in [-0.2, 0) is 4.79 Å². The first-order valence-corrected chi connectivity index (χ1v) is 9.07. The first-order valence-electron chi connectivity index (χ1n) is 8.70. The summed E-state index contributed by atoms with van der Waals surface area (Å²) < 4.78 is 5.15. The molecule has 2 aromatic rings. The molecule has 1 aliphatic heterocycles. The third-order valence-corrected chi connectivity index (χ3v) is 4.87. The fourth-order valence-electron chi connectivity index (χ4n) is 3.34. The fraction of sp³-hybridized carbons (Fsp3) is 0.350. The summed E-state index contributed by atoms with van der Waals surface area (Å²) >= 11 is 6.16. The molecule has 0 spiro atoms. The second-order valence-corrected chi connectivity index (χ2v) is 6.85. The van der Waals surface area contributed by atoms with E-state index in [1.165, 1.54) is 0 Å². The number of halogens is 1. The van der Waals surface area contributed by atoms with Crippen LogP contribution in [0.1, 0.15) is 24.4 Å². The molecule has 2 atom stereocenters. The summed E-state index contributed by atoms with van der Waals surface area (Å²) in [5.74, 6) is 0.412. The van der Waals surface area contributed by atoms with Gasteiger partial charge in [-0.1, -0.05) is 41.9 Å².